The van der Waals surface area contributed by atoms with Gasteiger partial charge in [0.25, 0.3) is 5.91 Å². The van der Waals surface area contributed by atoms with E-state index in [-0.39, 0.29) is 5.91 Å². The smallest absolute Gasteiger partial charge is 0.257 e. The van der Waals surface area contributed by atoms with Gasteiger partial charge < -0.3 is 10.1 Å². The van der Waals surface area contributed by atoms with Crippen molar-refractivity contribution in [2.45, 2.75) is 0 Å². The van der Waals surface area contributed by atoms with Crippen LogP contribution in [-0.4, -0.2) is 37.7 Å². The van der Waals surface area contributed by atoms with Gasteiger partial charge >= 0.3 is 0 Å². The van der Waals surface area contributed by atoms with Crippen molar-refractivity contribution in [3.05, 3.63) is 54.9 Å². The lowest BCUT2D eigenvalue weighted by molar-refractivity contribution is 0.102. The minimum Gasteiger partial charge on any atom is -0.481 e. The molecular weight excluding hydrogens is 284 g/mol. The van der Waals surface area contributed by atoms with E-state index in [1.54, 1.807) is 36.8 Å². The van der Waals surface area contributed by atoms with Crippen LogP contribution in [0.4, 0.5) is 5.69 Å². The molecule has 0 aromatic carbocycles. The summed E-state index contributed by atoms with van der Waals surface area (Å²) in [5.41, 5.74) is 1.01. The van der Waals surface area contributed by atoms with Crippen molar-refractivity contribution in [2.75, 3.05) is 12.4 Å². The third-order valence-corrected chi connectivity index (χ3v) is 2.87. The fourth-order valence-corrected chi connectivity index (χ4v) is 1.76. The van der Waals surface area contributed by atoms with Gasteiger partial charge in [-0.25, -0.2) is 19.6 Å². The van der Waals surface area contributed by atoms with Crippen LogP contribution in [0.1, 0.15) is 10.4 Å². The number of pyridine rings is 2. The summed E-state index contributed by atoms with van der Waals surface area (Å²) in [4.78, 5) is 24.1. The van der Waals surface area contributed by atoms with E-state index in [0.29, 0.717) is 22.9 Å². The number of ether oxygens (including phenoxy) is 1. The summed E-state index contributed by atoms with van der Waals surface area (Å²) >= 11 is 0. The summed E-state index contributed by atoms with van der Waals surface area (Å²) in [6.45, 7) is 0. The second-order valence-corrected chi connectivity index (χ2v) is 4.29. The van der Waals surface area contributed by atoms with Gasteiger partial charge in [0.1, 0.15) is 12.7 Å². The van der Waals surface area contributed by atoms with Crippen molar-refractivity contribution in [1.82, 2.24) is 24.7 Å². The maximum Gasteiger partial charge on any atom is 0.257 e. The maximum atomic E-state index is 12.1. The number of hydrogen-bond donors (Lipinski definition) is 1. The summed E-state index contributed by atoms with van der Waals surface area (Å²) in [5.74, 6) is 0.794. The molecule has 3 aromatic rings. The normalized spacial score (nSPS) is 10.2. The predicted octanol–water partition coefficient (Wildman–Crippen LogP) is 1.32. The Morgan fingerprint density at radius 1 is 1.18 bits per heavy atom. The summed E-state index contributed by atoms with van der Waals surface area (Å²) < 4.78 is 6.48. The van der Waals surface area contributed by atoms with Gasteiger partial charge in [-0.1, -0.05) is 0 Å². The molecule has 0 atom stereocenters. The first kappa shape index (κ1) is 13.7. The number of rotatable bonds is 4. The van der Waals surface area contributed by atoms with E-state index >= 15 is 0 Å². The number of aromatic nitrogens is 5. The van der Waals surface area contributed by atoms with Gasteiger partial charge in [-0.2, -0.15) is 5.10 Å². The monoisotopic (exact) mass is 296 g/mol. The quantitative estimate of drug-likeness (QED) is 0.780. The predicted molar refractivity (Wildman–Crippen MR) is 77.9 cm³/mol. The molecule has 0 aliphatic heterocycles. The maximum absolute atomic E-state index is 12.1. The molecule has 0 aliphatic carbocycles. The minimum absolute atomic E-state index is 0.273. The molecule has 0 saturated carbocycles. The second-order valence-electron chi connectivity index (χ2n) is 4.29. The van der Waals surface area contributed by atoms with Crippen LogP contribution < -0.4 is 10.1 Å². The van der Waals surface area contributed by atoms with E-state index in [4.69, 9.17) is 4.74 Å². The fraction of sp³-hybridized carbons (Fsp3) is 0.0714. The molecule has 8 nitrogen and oxygen atoms in total. The van der Waals surface area contributed by atoms with Gasteiger partial charge in [-0.05, 0) is 18.2 Å². The molecule has 0 radical (unpaired) electrons. The Kier molecular flexibility index (Phi) is 3.73. The van der Waals surface area contributed by atoms with Crippen molar-refractivity contribution >= 4 is 11.6 Å². The largest absolute Gasteiger partial charge is 0.481 e. The van der Waals surface area contributed by atoms with Gasteiger partial charge in [0, 0.05) is 12.3 Å². The van der Waals surface area contributed by atoms with Crippen LogP contribution in [0.2, 0.25) is 0 Å². The Morgan fingerprint density at radius 3 is 2.68 bits per heavy atom. The second kappa shape index (κ2) is 6.00. The number of anilines is 1. The third-order valence-electron chi connectivity index (χ3n) is 2.87. The van der Waals surface area contributed by atoms with Crippen molar-refractivity contribution in [3.63, 3.8) is 0 Å². The average molecular weight is 296 g/mol. The third kappa shape index (κ3) is 2.90. The Labute approximate surface area is 125 Å². The van der Waals surface area contributed by atoms with Crippen LogP contribution in [0, 0.1) is 0 Å². The highest BCUT2D eigenvalue weighted by molar-refractivity contribution is 6.03. The van der Waals surface area contributed by atoms with Crippen molar-refractivity contribution < 1.29 is 9.53 Å². The molecule has 3 aromatic heterocycles. The minimum atomic E-state index is -0.273. The molecule has 3 rings (SSSR count). The molecule has 1 N–H and O–H groups in total. The summed E-state index contributed by atoms with van der Waals surface area (Å²) in [5, 5.41) is 6.72. The molecule has 22 heavy (non-hydrogen) atoms. The van der Waals surface area contributed by atoms with Gasteiger partial charge in [0.15, 0.2) is 5.82 Å². The van der Waals surface area contributed by atoms with Gasteiger partial charge in [0.05, 0.1) is 24.6 Å². The Bertz CT molecular complexity index is 753. The standard InChI is InChI=1S/C14H12N6O2/c1-22-13-5-2-10(6-17-13)14(21)19-11-3-4-12(16-7-11)20-9-15-8-18-20/h2-9H,1H3,(H,19,21). The van der Waals surface area contributed by atoms with Crippen LogP contribution in [-0.2, 0) is 0 Å². The number of carbonyl (C=O) groups excluding carboxylic acids is 1. The number of methoxy groups -OCH3 is 1. The summed E-state index contributed by atoms with van der Waals surface area (Å²) in [7, 11) is 1.52. The SMILES string of the molecule is COc1ccc(C(=O)Nc2ccc(-n3cncn3)nc2)cn1. The first-order valence-electron chi connectivity index (χ1n) is 6.39. The van der Waals surface area contributed by atoms with Crippen LogP contribution in [0.15, 0.2) is 49.3 Å². The molecule has 1 amide bonds. The molecule has 3 heterocycles. The van der Waals surface area contributed by atoms with E-state index in [9.17, 15) is 4.79 Å². The van der Waals surface area contributed by atoms with Crippen LogP contribution >= 0.6 is 0 Å². The van der Waals surface area contributed by atoms with E-state index < -0.39 is 0 Å². The topological polar surface area (TPSA) is 94.8 Å². The highest BCUT2D eigenvalue weighted by atomic mass is 16.5. The Morgan fingerprint density at radius 2 is 2.09 bits per heavy atom. The Hall–Kier alpha value is -3.29. The molecule has 110 valence electrons. The highest BCUT2D eigenvalue weighted by Gasteiger charge is 2.07. The van der Waals surface area contributed by atoms with E-state index in [0.717, 1.165) is 0 Å². The molecule has 0 unspecified atom stereocenters. The zero-order valence-electron chi connectivity index (χ0n) is 11.7. The fourth-order valence-electron chi connectivity index (χ4n) is 1.76. The summed E-state index contributed by atoms with van der Waals surface area (Å²) in [6.07, 6.45) is 5.97. The van der Waals surface area contributed by atoms with Crippen LogP contribution in [0.3, 0.4) is 0 Å². The number of amides is 1. The van der Waals surface area contributed by atoms with E-state index in [1.807, 2.05) is 0 Å². The van der Waals surface area contributed by atoms with Gasteiger partial charge in [0.2, 0.25) is 5.88 Å². The zero-order chi connectivity index (χ0) is 15.4. The number of nitrogens with one attached hydrogen (secondary N) is 1. The first-order valence-corrected chi connectivity index (χ1v) is 6.39. The number of hydrogen-bond acceptors (Lipinski definition) is 6. The van der Waals surface area contributed by atoms with Gasteiger partial charge in [-0.3, -0.25) is 4.79 Å². The molecule has 8 heteroatoms. The molecule has 0 aliphatic rings. The lowest BCUT2D eigenvalue weighted by atomic mass is 10.2. The number of nitrogens with zero attached hydrogens (tertiary/aromatic N) is 5. The molecule has 0 saturated heterocycles. The lowest BCUT2D eigenvalue weighted by Gasteiger charge is -2.06. The van der Waals surface area contributed by atoms with E-state index in [2.05, 4.69) is 25.4 Å². The van der Waals surface area contributed by atoms with E-state index in [1.165, 1.54) is 24.3 Å². The molecule has 0 spiro atoms. The van der Waals surface area contributed by atoms with Crippen LogP contribution in [0.5, 0.6) is 5.88 Å². The van der Waals surface area contributed by atoms with Crippen molar-refractivity contribution in [2.24, 2.45) is 0 Å². The molecular formula is C14H12N6O2. The zero-order valence-corrected chi connectivity index (χ0v) is 11.7. The average Bonchev–Trinajstić information content (AvgIpc) is 3.10. The van der Waals surface area contributed by atoms with Crippen molar-refractivity contribution in [3.8, 4) is 11.7 Å². The molecule has 0 fully saturated rings. The van der Waals surface area contributed by atoms with Gasteiger partial charge in [-0.15, -0.1) is 0 Å². The van der Waals surface area contributed by atoms with Crippen LogP contribution in [0.25, 0.3) is 5.82 Å². The molecule has 0 bridgehead atoms. The highest BCUT2D eigenvalue weighted by Crippen LogP contribution is 2.12. The number of carbonyl (C=O) groups is 1. The summed E-state index contributed by atoms with van der Waals surface area (Å²) in [6, 6.07) is 6.73. The lowest BCUT2D eigenvalue weighted by Crippen LogP contribution is -2.12. The Balaban J connectivity index is 1.71. The first-order chi connectivity index (χ1) is 10.8. The van der Waals surface area contributed by atoms with Crippen molar-refractivity contribution in [1.29, 1.82) is 0 Å².